The van der Waals surface area contributed by atoms with E-state index in [-0.39, 0.29) is 12.5 Å². The van der Waals surface area contributed by atoms with E-state index in [4.69, 9.17) is 4.74 Å². The maximum absolute atomic E-state index is 13.5. The Kier molecular flexibility index (Phi) is 9.49. The number of sulfonamides is 1. The molecule has 0 radical (unpaired) electrons. The SMILES string of the molecule is CC[C@H](C(=O)NC)N(Cc1cccc(OC)c1)C(=O)CN(c1ccc(C(C)C)cc1)S(C)(=O)=O. The van der Waals surface area contributed by atoms with Crippen LogP contribution >= 0.6 is 0 Å². The molecule has 0 aliphatic carbocycles. The Bertz CT molecular complexity index is 1080. The fourth-order valence-electron chi connectivity index (χ4n) is 3.69. The van der Waals surface area contributed by atoms with E-state index in [2.05, 4.69) is 5.32 Å². The fraction of sp³-hybridized carbons (Fsp3) is 0.440. The van der Waals surface area contributed by atoms with Gasteiger partial charge in [0.05, 0.1) is 19.1 Å². The Hall–Kier alpha value is -3.07. The molecule has 0 unspecified atom stereocenters. The van der Waals surface area contributed by atoms with Crippen LogP contribution in [0.3, 0.4) is 0 Å². The molecule has 2 aromatic rings. The van der Waals surface area contributed by atoms with Crippen molar-refractivity contribution >= 4 is 27.5 Å². The molecular formula is C25H35N3O5S. The molecule has 0 fully saturated rings. The van der Waals surface area contributed by atoms with E-state index in [9.17, 15) is 18.0 Å². The van der Waals surface area contributed by atoms with E-state index in [0.29, 0.717) is 23.8 Å². The lowest BCUT2D eigenvalue weighted by Crippen LogP contribution is -2.51. The molecule has 0 aromatic heterocycles. The third-order valence-corrected chi connectivity index (χ3v) is 6.79. The number of methoxy groups -OCH3 is 1. The van der Waals surface area contributed by atoms with Crippen molar-refractivity contribution in [3.63, 3.8) is 0 Å². The summed E-state index contributed by atoms with van der Waals surface area (Å²) in [6.07, 6.45) is 1.44. The second kappa shape index (κ2) is 11.9. The van der Waals surface area contributed by atoms with Crippen molar-refractivity contribution in [3.8, 4) is 5.75 Å². The van der Waals surface area contributed by atoms with Crippen LogP contribution in [0, 0.1) is 0 Å². The molecule has 8 nitrogen and oxygen atoms in total. The van der Waals surface area contributed by atoms with Crippen molar-refractivity contribution in [2.45, 2.75) is 45.7 Å². The Labute approximate surface area is 202 Å². The van der Waals surface area contributed by atoms with E-state index in [0.717, 1.165) is 21.7 Å². The second-order valence-electron chi connectivity index (χ2n) is 8.43. The zero-order valence-corrected chi connectivity index (χ0v) is 21.6. The van der Waals surface area contributed by atoms with Gasteiger partial charge in [-0.2, -0.15) is 0 Å². The highest BCUT2D eigenvalue weighted by molar-refractivity contribution is 7.92. The van der Waals surface area contributed by atoms with Crippen molar-refractivity contribution in [2.75, 3.05) is 31.3 Å². The zero-order valence-electron chi connectivity index (χ0n) is 20.7. The largest absolute Gasteiger partial charge is 0.497 e. The summed E-state index contributed by atoms with van der Waals surface area (Å²) in [6.45, 7) is 5.62. The maximum Gasteiger partial charge on any atom is 0.244 e. The minimum atomic E-state index is -3.76. The molecule has 186 valence electrons. The van der Waals surface area contributed by atoms with Gasteiger partial charge in [-0.15, -0.1) is 0 Å². The third-order valence-electron chi connectivity index (χ3n) is 5.65. The molecule has 2 rings (SSSR count). The second-order valence-corrected chi connectivity index (χ2v) is 10.3. The minimum absolute atomic E-state index is 0.131. The molecule has 0 spiro atoms. The third kappa shape index (κ3) is 6.96. The van der Waals surface area contributed by atoms with E-state index in [1.807, 2.05) is 39.0 Å². The van der Waals surface area contributed by atoms with Crippen LogP contribution < -0.4 is 14.4 Å². The zero-order chi connectivity index (χ0) is 25.5. The van der Waals surface area contributed by atoms with Gasteiger partial charge in [0.25, 0.3) is 0 Å². The van der Waals surface area contributed by atoms with Crippen molar-refractivity contribution < 1.29 is 22.7 Å². The number of rotatable bonds is 11. The highest BCUT2D eigenvalue weighted by Crippen LogP contribution is 2.23. The van der Waals surface area contributed by atoms with Gasteiger partial charge in [0.15, 0.2) is 0 Å². The predicted octanol–water partition coefficient (Wildman–Crippen LogP) is 3.14. The predicted molar refractivity (Wildman–Crippen MR) is 134 cm³/mol. The Morgan fingerprint density at radius 2 is 1.74 bits per heavy atom. The molecule has 2 amide bonds. The van der Waals surface area contributed by atoms with Gasteiger partial charge >= 0.3 is 0 Å². The summed E-state index contributed by atoms with van der Waals surface area (Å²) in [4.78, 5) is 27.6. The minimum Gasteiger partial charge on any atom is -0.497 e. The first-order chi connectivity index (χ1) is 16.0. The van der Waals surface area contributed by atoms with Crippen LogP contribution in [0.25, 0.3) is 0 Å². The average Bonchev–Trinajstić information content (AvgIpc) is 2.81. The maximum atomic E-state index is 13.5. The number of hydrogen-bond acceptors (Lipinski definition) is 5. The summed E-state index contributed by atoms with van der Waals surface area (Å²) in [5, 5.41) is 2.60. The Morgan fingerprint density at radius 1 is 1.09 bits per heavy atom. The molecule has 0 heterocycles. The van der Waals surface area contributed by atoms with Crippen molar-refractivity contribution in [1.29, 1.82) is 0 Å². The highest BCUT2D eigenvalue weighted by Gasteiger charge is 2.31. The van der Waals surface area contributed by atoms with Crippen molar-refractivity contribution in [2.24, 2.45) is 0 Å². The number of nitrogens with one attached hydrogen (secondary N) is 1. The number of benzene rings is 2. The van der Waals surface area contributed by atoms with Gasteiger partial charge < -0.3 is 15.0 Å². The monoisotopic (exact) mass is 489 g/mol. The Morgan fingerprint density at radius 3 is 2.24 bits per heavy atom. The summed E-state index contributed by atoms with van der Waals surface area (Å²) in [5.41, 5.74) is 2.23. The highest BCUT2D eigenvalue weighted by atomic mass is 32.2. The van der Waals surface area contributed by atoms with Crippen molar-refractivity contribution in [3.05, 3.63) is 59.7 Å². The number of nitrogens with zero attached hydrogens (tertiary/aromatic N) is 2. The van der Waals surface area contributed by atoms with Crippen LogP contribution in [0.4, 0.5) is 5.69 Å². The lowest BCUT2D eigenvalue weighted by Gasteiger charge is -2.32. The number of ether oxygens (including phenoxy) is 1. The number of carbonyl (C=O) groups excluding carboxylic acids is 2. The van der Waals surface area contributed by atoms with Gasteiger partial charge in [-0.3, -0.25) is 13.9 Å². The molecular weight excluding hydrogens is 454 g/mol. The van der Waals surface area contributed by atoms with E-state index < -0.39 is 28.5 Å². The van der Waals surface area contributed by atoms with E-state index >= 15 is 0 Å². The summed E-state index contributed by atoms with van der Waals surface area (Å²) in [7, 11) is -0.692. The molecule has 9 heteroatoms. The number of anilines is 1. The number of amides is 2. The summed E-state index contributed by atoms with van der Waals surface area (Å²) in [6, 6.07) is 13.6. The van der Waals surface area contributed by atoms with E-state index in [1.54, 1.807) is 37.4 Å². The first-order valence-corrected chi connectivity index (χ1v) is 13.1. The number of carbonyl (C=O) groups is 2. The summed E-state index contributed by atoms with van der Waals surface area (Å²) >= 11 is 0. The molecule has 0 saturated carbocycles. The van der Waals surface area contributed by atoms with Crippen LogP contribution in [0.15, 0.2) is 48.5 Å². The first-order valence-electron chi connectivity index (χ1n) is 11.2. The van der Waals surface area contributed by atoms with Gasteiger partial charge in [-0.25, -0.2) is 8.42 Å². The Balaban J connectivity index is 2.42. The number of likely N-dealkylation sites (N-methyl/N-ethyl adjacent to an activating group) is 1. The molecule has 0 aliphatic rings. The van der Waals surface area contributed by atoms with Gasteiger partial charge in [0, 0.05) is 13.6 Å². The van der Waals surface area contributed by atoms with Gasteiger partial charge in [-0.1, -0.05) is 45.0 Å². The quantitative estimate of drug-likeness (QED) is 0.523. The van der Waals surface area contributed by atoms with Gasteiger partial charge in [-0.05, 0) is 47.7 Å². The van der Waals surface area contributed by atoms with Crippen LogP contribution in [-0.2, 0) is 26.2 Å². The van der Waals surface area contributed by atoms with Gasteiger partial charge in [0.1, 0.15) is 18.3 Å². The standard InChI is InChI=1S/C25H35N3O5S/c1-7-23(25(30)26-4)27(16-19-9-8-10-22(15-19)33-5)24(29)17-28(34(6,31)32)21-13-11-20(12-14-21)18(2)3/h8-15,18,23H,7,16-17H2,1-6H3,(H,26,30)/t23-/m1/s1. The van der Waals surface area contributed by atoms with Crippen LogP contribution in [0.5, 0.6) is 5.75 Å². The van der Waals surface area contributed by atoms with E-state index in [1.165, 1.54) is 11.9 Å². The molecule has 0 saturated heterocycles. The molecule has 2 aromatic carbocycles. The van der Waals surface area contributed by atoms with Crippen molar-refractivity contribution in [1.82, 2.24) is 10.2 Å². The molecule has 0 aliphatic heterocycles. The summed E-state index contributed by atoms with van der Waals surface area (Å²) < 4.78 is 31.6. The molecule has 1 N–H and O–H groups in total. The fourth-order valence-corrected chi connectivity index (χ4v) is 4.54. The number of hydrogen-bond donors (Lipinski definition) is 1. The van der Waals surface area contributed by atoms with Crippen LogP contribution in [-0.4, -0.2) is 58.1 Å². The topological polar surface area (TPSA) is 96.0 Å². The molecule has 34 heavy (non-hydrogen) atoms. The molecule has 0 bridgehead atoms. The lowest BCUT2D eigenvalue weighted by molar-refractivity contribution is -0.140. The average molecular weight is 490 g/mol. The van der Waals surface area contributed by atoms with Crippen LogP contribution in [0.2, 0.25) is 0 Å². The van der Waals surface area contributed by atoms with Gasteiger partial charge in [0.2, 0.25) is 21.8 Å². The molecule has 1 atom stereocenters. The normalized spacial score (nSPS) is 12.2. The smallest absolute Gasteiger partial charge is 0.244 e. The van der Waals surface area contributed by atoms with Crippen LogP contribution in [0.1, 0.15) is 44.2 Å². The summed E-state index contributed by atoms with van der Waals surface area (Å²) in [5.74, 6) is 0.127. The first kappa shape index (κ1) is 27.2. The lowest BCUT2D eigenvalue weighted by atomic mass is 10.0.